The molecule has 1 heterocycles. The van der Waals surface area contributed by atoms with Crippen LogP contribution in [-0.2, 0) is 6.61 Å². The van der Waals surface area contributed by atoms with Crippen LogP contribution >= 0.6 is 23.2 Å². The maximum Gasteiger partial charge on any atom is 0.255 e. The lowest BCUT2D eigenvalue weighted by molar-refractivity contribution is 0.0933. The average Bonchev–Trinajstić information content (AvgIpc) is 3.39. The number of likely N-dealkylation sites (tertiary alicyclic amines) is 1. The molecule has 0 saturated carbocycles. The van der Waals surface area contributed by atoms with E-state index in [1.807, 2.05) is 30.3 Å². The summed E-state index contributed by atoms with van der Waals surface area (Å²) in [6.07, 6.45) is 2.34. The number of hydrogen-bond acceptors (Lipinski definition) is 4. The molecule has 0 unspecified atom stereocenters. The molecule has 1 saturated heterocycles. The smallest absolute Gasteiger partial charge is 0.255 e. The third-order valence-corrected chi connectivity index (χ3v) is 6.65. The van der Waals surface area contributed by atoms with Gasteiger partial charge in [-0.05, 0) is 67.9 Å². The molecule has 0 spiro atoms. The van der Waals surface area contributed by atoms with Crippen molar-refractivity contribution in [2.24, 2.45) is 0 Å². The van der Waals surface area contributed by atoms with E-state index in [4.69, 9.17) is 32.7 Å². The predicted octanol–water partition coefficient (Wildman–Crippen LogP) is 6.15. The maximum atomic E-state index is 13.2. The quantitative estimate of drug-likeness (QED) is 0.384. The highest BCUT2D eigenvalue weighted by Crippen LogP contribution is 2.27. The van der Waals surface area contributed by atoms with Crippen molar-refractivity contribution in [1.29, 1.82) is 0 Å². The van der Waals surface area contributed by atoms with E-state index in [9.17, 15) is 4.79 Å². The fourth-order valence-corrected chi connectivity index (χ4v) is 4.66. The second-order valence-electron chi connectivity index (χ2n) is 8.26. The number of ether oxygens (including phenoxy) is 2. The molecule has 7 heteroatoms. The van der Waals surface area contributed by atoms with E-state index in [0.717, 1.165) is 30.0 Å². The van der Waals surface area contributed by atoms with E-state index in [1.165, 1.54) is 12.8 Å². The minimum absolute atomic E-state index is 0.0957. The van der Waals surface area contributed by atoms with Crippen LogP contribution in [0.1, 0.15) is 40.4 Å². The van der Waals surface area contributed by atoms with Crippen LogP contribution in [0.5, 0.6) is 11.5 Å². The molecule has 1 aliphatic heterocycles. The Morgan fingerprint density at radius 3 is 2.47 bits per heavy atom. The predicted molar refractivity (Wildman–Crippen MR) is 136 cm³/mol. The van der Waals surface area contributed by atoms with Crippen molar-refractivity contribution in [2.75, 3.05) is 26.7 Å². The van der Waals surface area contributed by atoms with Gasteiger partial charge in [0.05, 0.1) is 18.7 Å². The van der Waals surface area contributed by atoms with Crippen molar-refractivity contribution in [3.63, 3.8) is 0 Å². The maximum absolute atomic E-state index is 13.2. The van der Waals surface area contributed by atoms with E-state index in [-0.39, 0.29) is 18.6 Å². The topological polar surface area (TPSA) is 50.8 Å². The molecule has 0 aromatic heterocycles. The second-order valence-corrected chi connectivity index (χ2v) is 9.11. The standard InChI is InChI=1S/C27H28Cl2N2O3/c1-33-22-12-9-19(10-13-22)25(31-14-4-5-15-31)17-30-27(32)23-6-2-3-7-26(23)34-18-20-8-11-21(28)16-24(20)29/h2-3,6-13,16,25H,4-5,14-15,17-18H2,1H3,(H,30,32)/t25-/m1/s1. The Balaban J connectivity index is 1.45. The SMILES string of the molecule is COc1ccc([C@@H](CNC(=O)c2ccccc2OCc2ccc(Cl)cc2Cl)N2CCCC2)cc1. The molecule has 3 aromatic rings. The van der Waals surface area contributed by atoms with Gasteiger partial charge in [-0.15, -0.1) is 0 Å². The molecule has 1 atom stereocenters. The molecule has 5 nitrogen and oxygen atoms in total. The summed E-state index contributed by atoms with van der Waals surface area (Å²) in [5.41, 5.74) is 2.45. The molecule has 178 valence electrons. The molecule has 3 aromatic carbocycles. The number of halogens is 2. The average molecular weight is 499 g/mol. The normalized spacial score (nSPS) is 14.6. The number of hydrogen-bond donors (Lipinski definition) is 1. The van der Waals surface area contributed by atoms with Crippen molar-refractivity contribution < 1.29 is 14.3 Å². The number of carbonyl (C=O) groups is 1. The van der Waals surface area contributed by atoms with Gasteiger partial charge in [-0.25, -0.2) is 0 Å². The Bertz CT molecular complexity index is 1120. The summed E-state index contributed by atoms with van der Waals surface area (Å²) >= 11 is 12.2. The fraction of sp³-hybridized carbons (Fsp3) is 0.296. The number of carbonyl (C=O) groups excluding carboxylic acids is 1. The number of para-hydroxylation sites is 1. The Kier molecular flexibility index (Phi) is 8.33. The fourth-order valence-electron chi connectivity index (χ4n) is 4.20. The van der Waals surface area contributed by atoms with Crippen LogP contribution in [-0.4, -0.2) is 37.6 Å². The zero-order valence-corrected chi connectivity index (χ0v) is 20.6. The lowest BCUT2D eigenvalue weighted by atomic mass is 10.0. The largest absolute Gasteiger partial charge is 0.497 e. The van der Waals surface area contributed by atoms with E-state index in [1.54, 1.807) is 31.4 Å². The Morgan fingerprint density at radius 2 is 1.76 bits per heavy atom. The number of methoxy groups -OCH3 is 1. The second kappa shape index (κ2) is 11.6. The van der Waals surface area contributed by atoms with E-state index in [0.29, 0.717) is 27.9 Å². The van der Waals surface area contributed by atoms with Gasteiger partial charge >= 0.3 is 0 Å². The van der Waals surface area contributed by atoms with Crippen molar-refractivity contribution in [2.45, 2.75) is 25.5 Å². The van der Waals surface area contributed by atoms with Crippen LogP contribution in [0.2, 0.25) is 10.0 Å². The highest BCUT2D eigenvalue weighted by molar-refractivity contribution is 6.35. The molecular formula is C27H28Cl2N2O3. The first-order valence-electron chi connectivity index (χ1n) is 11.4. The van der Waals surface area contributed by atoms with Crippen LogP contribution in [0.4, 0.5) is 0 Å². The van der Waals surface area contributed by atoms with Gasteiger partial charge in [0, 0.05) is 22.2 Å². The summed E-state index contributed by atoms with van der Waals surface area (Å²) in [7, 11) is 1.66. The number of nitrogens with one attached hydrogen (secondary N) is 1. The molecule has 0 radical (unpaired) electrons. The molecule has 0 aliphatic carbocycles. The molecular weight excluding hydrogens is 471 g/mol. The lowest BCUT2D eigenvalue weighted by Crippen LogP contribution is -2.36. The molecule has 34 heavy (non-hydrogen) atoms. The van der Waals surface area contributed by atoms with Crippen molar-refractivity contribution in [1.82, 2.24) is 10.2 Å². The van der Waals surface area contributed by atoms with Crippen molar-refractivity contribution >= 4 is 29.1 Å². The van der Waals surface area contributed by atoms with Crippen LogP contribution < -0.4 is 14.8 Å². The first kappa shape index (κ1) is 24.4. The summed E-state index contributed by atoms with van der Waals surface area (Å²) in [4.78, 5) is 15.6. The molecule has 1 aliphatic rings. The minimum Gasteiger partial charge on any atom is -0.497 e. The molecule has 1 N–H and O–H groups in total. The van der Waals surface area contributed by atoms with Gasteiger partial charge < -0.3 is 14.8 Å². The summed E-state index contributed by atoms with van der Waals surface area (Å²) in [6.45, 7) is 2.79. The van der Waals surface area contributed by atoms with Gasteiger partial charge in [-0.2, -0.15) is 0 Å². The van der Waals surface area contributed by atoms with E-state index in [2.05, 4.69) is 22.3 Å². The van der Waals surface area contributed by atoms with Crippen LogP contribution in [0.15, 0.2) is 66.7 Å². The molecule has 4 rings (SSSR count). The van der Waals surface area contributed by atoms with Gasteiger partial charge in [-0.1, -0.05) is 53.5 Å². The van der Waals surface area contributed by atoms with E-state index < -0.39 is 0 Å². The van der Waals surface area contributed by atoms with Crippen LogP contribution in [0.25, 0.3) is 0 Å². The van der Waals surface area contributed by atoms with Gasteiger partial charge in [-0.3, -0.25) is 9.69 Å². The Hall–Kier alpha value is -2.73. The zero-order chi connectivity index (χ0) is 23.9. The Labute approximate surface area is 210 Å². The first-order valence-corrected chi connectivity index (χ1v) is 12.1. The highest BCUT2D eigenvalue weighted by atomic mass is 35.5. The third kappa shape index (κ3) is 6.03. The molecule has 0 bridgehead atoms. The molecule has 1 fully saturated rings. The number of nitrogens with zero attached hydrogens (tertiary/aromatic N) is 1. The van der Waals surface area contributed by atoms with Gasteiger partial charge in [0.2, 0.25) is 0 Å². The molecule has 1 amide bonds. The van der Waals surface area contributed by atoms with Crippen molar-refractivity contribution in [3.05, 3.63) is 93.5 Å². The van der Waals surface area contributed by atoms with Gasteiger partial charge in [0.25, 0.3) is 5.91 Å². The summed E-state index contributed by atoms with van der Waals surface area (Å²) in [5.74, 6) is 1.16. The number of rotatable bonds is 9. The zero-order valence-electron chi connectivity index (χ0n) is 19.1. The van der Waals surface area contributed by atoms with Gasteiger partial charge in [0.1, 0.15) is 18.1 Å². The first-order chi connectivity index (χ1) is 16.5. The summed E-state index contributed by atoms with van der Waals surface area (Å²) < 4.78 is 11.3. The Morgan fingerprint density at radius 1 is 1.03 bits per heavy atom. The third-order valence-electron chi connectivity index (χ3n) is 6.07. The highest BCUT2D eigenvalue weighted by Gasteiger charge is 2.24. The number of benzene rings is 3. The van der Waals surface area contributed by atoms with Crippen LogP contribution in [0, 0.1) is 0 Å². The monoisotopic (exact) mass is 498 g/mol. The minimum atomic E-state index is -0.171. The van der Waals surface area contributed by atoms with Gasteiger partial charge in [0.15, 0.2) is 0 Å². The summed E-state index contributed by atoms with van der Waals surface area (Å²) in [5, 5.41) is 4.22. The number of amides is 1. The van der Waals surface area contributed by atoms with Crippen LogP contribution in [0.3, 0.4) is 0 Å². The summed E-state index contributed by atoms with van der Waals surface area (Å²) in [6, 6.07) is 20.7. The van der Waals surface area contributed by atoms with Crippen molar-refractivity contribution in [3.8, 4) is 11.5 Å². The lowest BCUT2D eigenvalue weighted by Gasteiger charge is -2.28. The van der Waals surface area contributed by atoms with E-state index >= 15 is 0 Å².